The Labute approximate surface area is 218 Å². The Morgan fingerprint density at radius 2 is 1.92 bits per heavy atom. The second kappa shape index (κ2) is 12.1. The van der Waals surface area contributed by atoms with Crippen molar-refractivity contribution in [1.29, 1.82) is 0 Å². The van der Waals surface area contributed by atoms with Crippen LogP contribution in [0, 0.1) is 5.82 Å². The van der Waals surface area contributed by atoms with Crippen molar-refractivity contribution in [3.05, 3.63) is 89.2 Å². The predicted molar refractivity (Wildman–Crippen MR) is 142 cm³/mol. The first-order valence-electron chi connectivity index (χ1n) is 11.5. The van der Waals surface area contributed by atoms with Gasteiger partial charge in [-0.25, -0.2) is 9.38 Å². The van der Waals surface area contributed by atoms with Crippen LogP contribution in [0.1, 0.15) is 25.3 Å². The summed E-state index contributed by atoms with van der Waals surface area (Å²) in [5, 5.41) is 3.09. The number of benzene rings is 3. The number of aliphatic imine (C=N–C) groups is 1. The van der Waals surface area contributed by atoms with Crippen LogP contribution in [-0.4, -0.2) is 33.7 Å². The smallest absolute Gasteiger partial charge is 0.238 e. The summed E-state index contributed by atoms with van der Waals surface area (Å²) in [5.41, 5.74) is 1.92. The van der Waals surface area contributed by atoms with Crippen LogP contribution in [0.25, 0.3) is 0 Å². The summed E-state index contributed by atoms with van der Waals surface area (Å²) in [4.78, 5) is 32.4. The molecular weight excluding hydrogens is 501 g/mol. The molecule has 3 aromatic rings. The lowest BCUT2D eigenvalue weighted by Crippen LogP contribution is -2.44. The van der Waals surface area contributed by atoms with Crippen LogP contribution in [-0.2, 0) is 16.1 Å². The molecule has 36 heavy (non-hydrogen) atoms. The van der Waals surface area contributed by atoms with E-state index < -0.39 is 5.25 Å². The number of amidine groups is 1. The van der Waals surface area contributed by atoms with Gasteiger partial charge in [-0.15, -0.1) is 0 Å². The molecule has 1 N–H and O–H groups in total. The Morgan fingerprint density at radius 1 is 1.17 bits per heavy atom. The quantitative estimate of drug-likeness (QED) is 0.368. The molecule has 0 radical (unpaired) electrons. The van der Waals surface area contributed by atoms with Gasteiger partial charge in [-0.2, -0.15) is 0 Å². The number of hydrogen-bond acceptors (Lipinski definition) is 5. The molecule has 0 saturated carbocycles. The van der Waals surface area contributed by atoms with Crippen molar-refractivity contribution >= 4 is 51.7 Å². The molecule has 1 atom stereocenters. The highest BCUT2D eigenvalue weighted by atomic mass is 35.5. The van der Waals surface area contributed by atoms with Crippen molar-refractivity contribution in [1.82, 2.24) is 4.90 Å². The first-order valence-corrected chi connectivity index (χ1v) is 12.8. The monoisotopic (exact) mass is 525 g/mol. The maximum Gasteiger partial charge on any atom is 0.238 e. The van der Waals surface area contributed by atoms with Gasteiger partial charge in [-0.05, 0) is 66.6 Å². The number of nitrogens with one attached hydrogen (secondary N) is 1. The lowest BCUT2D eigenvalue weighted by molar-refractivity contribution is -0.129. The van der Waals surface area contributed by atoms with E-state index in [0.29, 0.717) is 28.2 Å². The van der Waals surface area contributed by atoms with Gasteiger partial charge >= 0.3 is 0 Å². The third-order valence-electron chi connectivity index (χ3n) is 5.31. The zero-order chi connectivity index (χ0) is 25.5. The van der Waals surface area contributed by atoms with E-state index in [9.17, 15) is 14.0 Å². The van der Waals surface area contributed by atoms with Crippen molar-refractivity contribution in [3.8, 4) is 5.75 Å². The molecule has 2 amide bonds. The predicted octanol–water partition coefficient (Wildman–Crippen LogP) is 6.43. The number of carbonyl (C=O) groups is 2. The molecule has 1 saturated heterocycles. The van der Waals surface area contributed by atoms with Crippen LogP contribution in [0.4, 0.5) is 15.8 Å². The highest BCUT2D eigenvalue weighted by Gasteiger charge is 2.36. The minimum atomic E-state index is -0.670. The molecule has 0 spiro atoms. The van der Waals surface area contributed by atoms with Gasteiger partial charge in [-0.3, -0.25) is 14.5 Å². The summed E-state index contributed by atoms with van der Waals surface area (Å²) in [6.07, 6.45) is 0.909. The van der Waals surface area contributed by atoms with E-state index in [4.69, 9.17) is 16.3 Å². The van der Waals surface area contributed by atoms with Crippen molar-refractivity contribution in [2.75, 3.05) is 11.9 Å². The number of thioether (sulfide) groups is 1. The summed E-state index contributed by atoms with van der Waals surface area (Å²) in [5.74, 6) is -0.171. The molecule has 186 valence electrons. The molecule has 1 unspecified atom stereocenters. The SMILES string of the molecule is CCCOc1ccc(NC(=O)C2CC(=O)N(Cc3ccc(F)cc3)C(=Nc3cccc(Cl)c3)S2)cc1. The van der Waals surface area contributed by atoms with E-state index in [0.717, 1.165) is 17.7 Å². The number of carbonyl (C=O) groups excluding carboxylic acids is 2. The molecule has 1 heterocycles. The Hall–Kier alpha value is -3.36. The highest BCUT2D eigenvalue weighted by Crippen LogP contribution is 2.32. The number of hydrogen-bond donors (Lipinski definition) is 1. The van der Waals surface area contributed by atoms with Crippen molar-refractivity contribution in [3.63, 3.8) is 0 Å². The van der Waals surface area contributed by atoms with Gasteiger partial charge in [0.25, 0.3) is 0 Å². The van der Waals surface area contributed by atoms with Crippen LogP contribution < -0.4 is 10.1 Å². The Balaban J connectivity index is 1.53. The molecule has 3 aromatic carbocycles. The molecule has 1 aliphatic heterocycles. The summed E-state index contributed by atoms with van der Waals surface area (Å²) in [7, 11) is 0. The molecule has 1 fully saturated rings. The molecule has 6 nitrogen and oxygen atoms in total. The summed E-state index contributed by atoms with van der Waals surface area (Å²) in [6.45, 7) is 2.86. The lowest BCUT2D eigenvalue weighted by Gasteiger charge is -2.32. The normalized spacial score (nSPS) is 16.8. The lowest BCUT2D eigenvalue weighted by atomic mass is 10.2. The van der Waals surface area contributed by atoms with Crippen LogP contribution in [0.5, 0.6) is 5.75 Å². The van der Waals surface area contributed by atoms with Crippen molar-refractivity contribution in [2.45, 2.75) is 31.6 Å². The average Bonchev–Trinajstić information content (AvgIpc) is 2.86. The zero-order valence-corrected chi connectivity index (χ0v) is 21.2. The van der Waals surface area contributed by atoms with E-state index in [1.165, 1.54) is 28.8 Å². The van der Waals surface area contributed by atoms with Gasteiger partial charge in [0, 0.05) is 17.1 Å². The minimum absolute atomic E-state index is 0.00392. The van der Waals surface area contributed by atoms with E-state index >= 15 is 0 Å². The number of ether oxygens (including phenoxy) is 1. The molecule has 0 aliphatic carbocycles. The summed E-state index contributed by atoms with van der Waals surface area (Å²) in [6, 6.07) is 20.0. The second-order valence-electron chi connectivity index (χ2n) is 8.15. The third kappa shape index (κ3) is 6.86. The van der Waals surface area contributed by atoms with Crippen LogP contribution in [0.15, 0.2) is 77.8 Å². The maximum atomic E-state index is 13.4. The number of anilines is 1. The van der Waals surface area contributed by atoms with Crippen LogP contribution in [0.2, 0.25) is 5.02 Å². The van der Waals surface area contributed by atoms with Crippen LogP contribution in [0.3, 0.4) is 0 Å². The molecular formula is C27H25ClFN3O3S. The number of nitrogens with zero attached hydrogens (tertiary/aromatic N) is 2. The zero-order valence-electron chi connectivity index (χ0n) is 19.6. The van der Waals surface area contributed by atoms with Gasteiger partial charge in [-0.1, -0.05) is 48.5 Å². The van der Waals surface area contributed by atoms with Gasteiger partial charge in [0.2, 0.25) is 11.8 Å². The molecule has 0 aromatic heterocycles. The second-order valence-corrected chi connectivity index (χ2v) is 9.76. The minimum Gasteiger partial charge on any atom is -0.494 e. The third-order valence-corrected chi connectivity index (χ3v) is 6.74. The number of amides is 2. The van der Waals surface area contributed by atoms with Crippen molar-refractivity contribution < 1.29 is 18.7 Å². The van der Waals surface area contributed by atoms with Gasteiger partial charge in [0.1, 0.15) is 16.8 Å². The summed E-state index contributed by atoms with van der Waals surface area (Å²) < 4.78 is 18.9. The van der Waals surface area contributed by atoms with Gasteiger partial charge in [0.05, 0.1) is 18.8 Å². The average molecular weight is 526 g/mol. The van der Waals surface area contributed by atoms with Crippen molar-refractivity contribution in [2.24, 2.45) is 4.99 Å². The molecule has 9 heteroatoms. The molecule has 0 bridgehead atoms. The Morgan fingerprint density at radius 3 is 2.61 bits per heavy atom. The fourth-order valence-corrected chi connectivity index (χ4v) is 4.78. The standard InChI is InChI=1S/C27H25ClFN3O3S/c1-2-14-35-23-12-10-21(11-13-23)30-26(34)24-16-25(33)32(17-18-6-8-20(29)9-7-18)27(36-24)31-22-5-3-4-19(28)15-22/h3-13,15,24H,2,14,16-17H2,1H3,(H,30,34). The summed E-state index contributed by atoms with van der Waals surface area (Å²) >= 11 is 7.32. The van der Waals surface area contributed by atoms with E-state index in [-0.39, 0.29) is 30.6 Å². The highest BCUT2D eigenvalue weighted by molar-refractivity contribution is 8.15. The topological polar surface area (TPSA) is 71.0 Å². The maximum absolute atomic E-state index is 13.4. The Kier molecular flexibility index (Phi) is 8.61. The molecule has 1 aliphatic rings. The number of halogens is 2. The van der Waals surface area contributed by atoms with E-state index in [1.54, 1.807) is 60.7 Å². The molecule has 4 rings (SSSR count). The van der Waals surface area contributed by atoms with Gasteiger partial charge in [0.15, 0.2) is 5.17 Å². The van der Waals surface area contributed by atoms with Crippen LogP contribution >= 0.6 is 23.4 Å². The van der Waals surface area contributed by atoms with E-state index in [2.05, 4.69) is 10.3 Å². The fourth-order valence-electron chi connectivity index (χ4n) is 3.50. The first kappa shape index (κ1) is 25.7. The first-order chi connectivity index (χ1) is 17.4. The largest absolute Gasteiger partial charge is 0.494 e. The van der Waals surface area contributed by atoms with Gasteiger partial charge < -0.3 is 10.1 Å². The fraction of sp³-hybridized carbons (Fsp3) is 0.222. The Bertz CT molecular complexity index is 1250. The number of rotatable bonds is 8. The van der Waals surface area contributed by atoms with E-state index in [1.807, 2.05) is 6.92 Å².